The summed E-state index contributed by atoms with van der Waals surface area (Å²) in [6.45, 7) is 4.56. The Hall–Kier alpha value is -1.52. The number of hydrogen-bond donors (Lipinski definition) is 3. The molecule has 4 nitrogen and oxygen atoms in total. The summed E-state index contributed by atoms with van der Waals surface area (Å²) in [6, 6.07) is 5.68. The standard InChI is InChI=1S/C18H29NO3/c1-4-13(5-2)16(20)8-6-15-12-14(17(21)10-11-19)7-9-18(15)22-3/h7,9,12,17,20-21H,4-6,8,10-11,19H2,1-3H3. The van der Waals surface area contributed by atoms with Gasteiger partial charge >= 0.3 is 0 Å². The maximum Gasteiger partial charge on any atom is 0.122 e. The predicted octanol–water partition coefficient (Wildman–Crippen LogP) is 3.64. The van der Waals surface area contributed by atoms with Crippen LogP contribution in [0.2, 0.25) is 0 Å². The van der Waals surface area contributed by atoms with Crippen LogP contribution in [0.5, 0.6) is 5.75 Å². The number of benzene rings is 1. The molecule has 0 aliphatic carbocycles. The summed E-state index contributed by atoms with van der Waals surface area (Å²) < 4.78 is 5.38. The lowest BCUT2D eigenvalue weighted by atomic mass is 9.98. The molecule has 0 saturated carbocycles. The van der Waals surface area contributed by atoms with Gasteiger partial charge in [-0.1, -0.05) is 19.9 Å². The SMILES string of the molecule is CCC(CC)=C(O)CCc1cc(C(O)CCN)ccc1OC. The lowest BCUT2D eigenvalue weighted by Gasteiger charge is -2.15. The van der Waals surface area contributed by atoms with Crippen molar-refractivity contribution in [3.63, 3.8) is 0 Å². The highest BCUT2D eigenvalue weighted by Gasteiger charge is 2.12. The number of hydrogen-bond acceptors (Lipinski definition) is 4. The van der Waals surface area contributed by atoms with Crippen LogP contribution in [-0.4, -0.2) is 23.9 Å². The Bertz CT molecular complexity index is 491. The van der Waals surface area contributed by atoms with E-state index in [4.69, 9.17) is 10.5 Å². The van der Waals surface area contributed by atoms with Crippen LogP contribution in [0.4, 0.5) is 0 Å². The van der Waals surface area contributed by atoms with Gasteiger partial charge in [0.15, 0.2) is 0 Å². The van der Waals surface area contributed by atoms with Crippen molar-refractivity contribution >= 4 is 0 Å². The predicted molar refractivity (Wildman–Crippen MR) is 90.2 cm³/mol. The van der Waals surface area contributed by atoms with E-state index in [1.165, 1.54) is 0 Å². The van der Waals surface area contributed by atoms with Crippen LogP contribution in [0.25, 0.3) is 0 Å². The summed E-state index contributed by atoms with van der Waals surface area (Å²) in [7, 11) is 1.63. The first-order valence-electron chi connectivity index (χ1n) is 8.02. The zero-order valence-corrected chi connectivity index (χ0v) is 13.9. The molecular formula is C18H29NO3. The van der Waals surface area contributed by atoms with Gasteiger partial charge in [-0.3, -0.25) is 0 Å². The van der Waals surface area contributed by atoms with E-state index in [-0.39, 0.29) is 0 Å². The highest BCUT2D eigenvalue weighted by atomic mass is 16.5. The molecule has 0 bridgehead atoms. The van der Waals surface area contributed by atoms with Crippen LogP contribution in [0.15, 0.2) is 29.5 Å². The summed E-state index contributed by atoms with van der Waals surface area (Å²) >= 11 is 0. The van der Waals surface area contributed by atoms with Crippen LogP contribution in [0.3, 0.4) is 0 Å². The van der Waals surface area contributed by atoms with Crippen molar-refractivity contribution in [2.24, 2.45) is 5.73 Å². The van der Waals surface area contributed by atoms with E-state index in [9.17, 15) is 10.2 Å². The maximum atomic E-state index is 10.2. The van der Waals surface area contributed by atoms with Crippen LogP contribution in [0.1, 0.15) is 56.8 Å². The Kier molecular flexibility index (Phi) is 7.99. The third-order valence-corrected chi connectivity index (χ3v) is 4.02. The molecule has 4 heteroatoms. The molecule has 1 atom stereocenters. The molecule has 0 aliphatic rings. The van der Waals surface area contributed by atoms with Gasteiger partial charge in [0.1, 0.15) is 5.75 Å². The Morgan fingerprint density at radius 2 is 1.95 bits per heavy atom. The Morgan fingerprint density at radius 3 is 2.50 bits per heavy atom. The molecule has 1 unspecified atom stereocenters. The van der Waals surface area contributed by atoms with E-state index in [1.54, 1.807) is 7.11 Å². The topological polar surface area (TPSA) is 75.7 Å². The van der Waals surface area contributed by atoms with Gasteiger partial charge in [-0.15, -0.1) is 0 Å². The average Bonchev–Trinajstić information content (AvgIpc) is 2.54. The molecule has 1 rings (SSSR count). The number of allylic oxidation sites excluding steroid dienone is 2. The summed E-state index contributed by atoms with van der Waals surface area (Å²) in [5.41, 5.74) is 8.43. The second-order valence-corrected chi connectivity index (χ2v) is 5.42. The normalized spacial score (nSPS) is 12.0. The Labute approximate surface area is 133 Å². The molecule has 1 aromatic rings. The molecule has 0 amide bonds. The molecule has 0 spiro atoms. The van der Waals surface area contributed by atoms with Gasteiger partial charge in [-0.25, -0.2) is 0 Å². The van der Waals surface area contributed by atoms with Gasteiger partial charge < -0.3 is 20.7 Å². The fourth-order valence-electron chi connectivity index (χ4n) is 2.61. The van der Waals surface area contributed by atoms with Crippen molar-refractivity contribution in [3.05, 3.63) is 40.7 Å². The zero-order valence-electron chi connectivity index (χ0n) is 13.9. The molecule has 124 valence electrons. The summed E-state index contributed by atoms with van der Waals surface area (Å²) in [4.78, 5) is 0. The first-order valence-corrected chi connectivity index (χ1v) is 8.02. The molecule has 0 aliphatic heterocycles. The van der Waals surface area contributed by atoms with Crippen molar-refractivity contribution in [3.8, 4) is 5.75 Å². The number of aliphatic hydroxyl groups excluding tert-OH is 2. The van der Waals surface area contributed by atoms with Gasteiger partial charge in [0, 0.05) is 6.42 Å². The van der Waals surface area contributed by atoms with E-state index in [0.717, 1.165) is 35.3 Å². The first kappa shape index (κ1) is 18.5. The van der Waals surface area contributed by atoms with E-state index in [2.05, 4.69) is 13.8 Å². The molecule has 22 heavy (non-hydrogen) atoms. The number of aryl methyl sites for hydroxylation is 1. The lowest BCUT2D eigenvalue weighted by molar-refractivity contribution is 0.170. The first-order chi connectivity index (χ1) is 10.6. The smallest absolute Gasteiger partial charge is 0.122 e. The molecular weight excluding hydrogens is 278 g/mol. The van der Waals surface area contributed by atoms with Crippen molar-refractivity contribution in [1.29, 1.82) is 0 Å². The lowest BCUT2D eigenvalue weighted by Crippen LogP contribution is -2.07. The second kappa shape index (κ2) is 9.49. The third kappa shape index (κ3) is 5.04. The van der Waals surface area contributed by atoms with Gasteiger partial charge in [-0.2, -0.15) is 0 Å². The van der Waals surface area contributed by atoms with Crippen LogP contribution in [0, 0.1) is 0 Å². The van der Waals surface area contributed by atoms with Gasteiger partial charge in [0.05, 0.1) is 19.0 Å². The van der Waals surface area contributed by atoms with E-state index < -0.39 is 6.10 Å². The minimum absolute atomic E-state index is 0.447. The largest absolute Gasteiger partial charge is 0.512 e. The number of nitrogens with two attached hydrogens (primary N) is 1. The summed E-state index contributed by atoms with van der Waals surface area (Å²) in [5.74, 6) is 1.26. The van der Waals surface area contributed by atoms with Crippen molar-refractivity contribution in [2.75, 3.05) is 13.7 Å². The fourth-order valence-corrected chi connectivity index (χ4v) is 2.61. The van der Waals surface area contributed by atoms with E-state index >= 15 is 0 Å². The monoisotopic (exact) mass is 307 g/mol. The van der Waals surface area contributed by atoms with Crippen LogP contribution >= 0.6 is 0 Å². The fraction of sp³-hybridized carbons (Fsp3) is 0.556. The van der Waals surface area contributed by atoms with Gasteiger partial charge in [0.2, 0.25) is 0 Å². The molecule has 1 aromatic carbocycles. The van der Waals surface area contributed by atoms with Crippen LogP contribution < -0.4 is 10.5 Å². The number of ether oxygens (including phenoxy) is 1. The zero-order chi connectivity index (χ0) is 16.5. The molecule has 0 radical (unpaired) electrons. The molecule has 0 saturated heterocycles. The van der Waals surface area contributed by atoms with Crippen molar-refractivity contribution in [2.45, 2.75) is 52.1 Å². The summed E-state index contributed by atoms with van der Waals surface area (Å²) in [6.07, 6.45) is 2.99. The maximum absolute atomic E-state index is 10.2. The molecule has 0 fully saturated rings. The van der Waals surface area contributed by atoms with Crippen molar-refractivity contribution < 1.29 is 14.9 Å². The number of methoxy groups -OCH3 is 1. The van der Waals surface area contributed by atoms with Crippen LogP contribution in [-0.2, 0) is 6.42 Å². The molecule has 0 aromatic heterocycles. The highest BCUT2D eigenvalue weighted by Crippen LogP contribution is 2.27. The molecule has 0 heterocycles. The van der Waals surface area contributed by atoms with Gasteiger partial charge in [-0.05, 0) is 61.1 Å². The minimum Gasteiger partial charge on any atom is -0.512 e. The third-order valence-electron chi connectivity index (χ3n) is 4.02. The Balaban J connectivity index is 2.92. The molecule has 4 N–H and O–H groups in total. The Morgan fingerprint density at radius 1 is 1.27 bits per heavy atom. The highest BCUT2D eigenvalue weighted by molar-refractivity contribution is 5.38. The second-order valence-electron chi connectivity index (χ2n) is 5.42. The van der Waals surface area contributed by atoms with E-state index in [1.807, 2.05) is 18.2 Å². The number of aliphatic hydroxyl groups is 2. The average molecular weight is 307 g/mol. The minimum atomic E-state index is -0.555. The summed E-state index contributed by atoms with van der Waals surface area (Å²) in [5, 5.41) is 20.2. The van der Waals surface area contributed by atoms with Crippen molar-refractivity contribution in [1.82, 2.24) is 0 Å². The number of rotatable bonds is 9. The van der Waals surface area contributed by atoms with E-state index in [0.29, 0.717) is 31.6 Å². The quantitative estimate of drug-likeness (QED) is 0.609. The van der Waals surface area contributed by atoms with Gasteiger partial charge in [0.25, 0.3) is 0 Å².